The molecule has 0 fully saturated rings. The van der Waals surface area contributed by atoms with Crippen molar-refractivity contribution in [3.05, 3.63) is 72.3 Å². The summed E-state index contributed by atoms with van der Waals surface area (Å²) < 4.78 is 16.1. The van der Waals surface area contributed by atoms with Gasteiger partial charge >= 0.3 is 11.9 Å². The molecule has 0 saturated carbocycles. The molecule has 0 aliphatic carbocycles. The van der Waals surface area contributed by atoms with Crippen LogP contribution in [0.15, 0.2) is 61.2 Å². The quantitative estimate of drug-likeness (QED) is 0.150. The molecular formula is C27H36O5. The molecule has 0 aliphatic rings. The van der Waals surface area contributed by atoms with Crippen molar-refractivity contribution in [2.24, 2.45) is 0 Å². The molecule has 2 aromatic rings. The van der Waals surface area contributed by atoms with Gasteiger partial charge in [0.1, 0.15) is 11.5 Å². The number of unbranched alkanes of at least 4 members (excludes halogenated alkanes) is 5. The summed E-state index contributed by atoms with van der Waals surface area (Å²) in [7, 11) is 0. The average molecular weight is 441 g/mol. The van der Waals surface area contributed by atoms with E-state index in [4.69, 9.17) is 14.2 Å². The Morgan fingerprint density at radius 3 is 2.06 bits per heavy atom. The molecule has 5 heteroatoms. The largest absolute Gasteiger partial charge is 0.494 e. The maximum Gasteiger partial charge on any atom is 0.343 e. The minimum atomic E-state index is -0.380. The van der Waals surface area contributed by atoms with Gasteiger partial charge in [0.05, 0.1) is 18.8 Å². The average Bonchev–Trinajstić information content (AvgIpc) is 2.83. The van der Waals surface area contributed by atoms with Gasteiger partial charge in [0.15, 0.2) is 0 Å². The zero-order valence-electron chi connectivity index (χ0n) is 19.6. The highest BCUT2D eigenvalue weighted by Gasteiger charge is 2.10. The van der Waals surface area contributed by atoms with E-state index in [0.717, 1.165) is 49.8 Å². The molecule has 0 atom stereocenters. The van der Waals surface area contributed by atoms with Crippen LogP contribution in [0.25, 0.3) is 0 Å². The number of carbonyl (C=O) groups excluding carboxylic acids is 2. The highest BCUT2D eigenvalue weighted by Crippen LogP contribution is 2.19. The maximum atomic E-state index is 12.3. The van der Waals surface area contributed by atoms with Crippen molar-refractivity contribution in [2.45, 2.75) is 59.3 Å². The van der Waals surface area contributed by atoms with E-state index < -0.39 is 0 Å². The fraction of sp³-hybridized carbons (Fsp3) is 0.407. The lowest BCUT2D eigenvalue weighted by molar-refractivity contribution is -0.137. The molecule has 0 bridgehead atoms. The van der Waals surface area contributed by atoms with Gasteiger partial charge in [-0.1, -0.05) is 64.3 Å². The fourth-order valence-electron chi connectivity index (χ4n) is 2.85. The third kappa shape index (κ3) is 10.8. The first-order valence-corrected chi connectivity index (χ1v) is 11.4. The first-order chi connectivity index (χ1) is 15.6. The molecule has 5 nitrogen and oxygen atoms in total. The molecule has 0 aliphatic heterocycles. The topological polar surface area (TPSA) is 61.8 Å². The molecule has 2 rings (SSSR count). The number of ether oxygens (including phenoxy) is 3. The zero-order chi connectivity index (χ0) is 23.6. The number of rotatable bonds is 13. The highest BCUT2D eigenvalue weighted by molar-refractivity contribution is 5.91. The van der Waals surface area contributed by atoms with Crippen LogP contribution in [-0.2, 0) is 9.53 Å². The highest BCUT2D eigenvalue weighted by atomic mass is 16.5. The van der Waals surface area contributed by atoms with E-state index in [1.54, 1.807) is 30.3 Å². The minimum absolute atomic E-state index is 0.358. The summed E-state index contributed by atoms with van der Waals surface area (Å²) in [6.45, 7) is 10.4. The van der Waals surface area contributed by atoms with E-state index in [1.165, 1.54) is 6.08 Å². The number of para-hydroxylation sites is 1. The number of benzene rings is 2. The Hall–Kier alpha value is -3.08. The third-order valence-corrected chi connectivity index (χ3v) is 4.60. The maximum absolute atomic E-state index is 12.3. The van der Waals surface area contributed by atoms with E-state index in [0.29, 0.717) is 24.5 Å². The van der Waals surface area contributed by atoms with E-state index in [-0.39, 0.29) is 11.9 Å². The standard InChI is InChI=1S/C25H30O5.C2H6/c1-3-24(26)29-19-11-7-5-4-6-10-18-28-22-16-14-21(15-17-22)25(27)30-23-13-9-8-12-20(23)2;1-2/h3,8-9,12-17H,1,4-7,10-11,18-19H2,2H3;1-2H3. The lowest BCUT2D eigenvalue weighted by atomic mass is 10.1. The van der Waals surface area contributed by atoms with Crippen LogP contribution in [0.3, 0.4) is 0 Å². The zero-order valence-corrected chi connectivity index (χ0v) is 19.6. The SMILES string of the molecule is C=CC(=O)OCCCCCCCCOc1ccc(C(=O)Oc2ccccc2C)cc1.CC. The molecule has 0 saturated heterocycles. The van der Waals surface area contributed by atoms with Crippen molar-refractivity contribution in [2.75, 3.05) is 13.2 Å². The van der Waals surface area contributed by atoms with Crippen LogP contribution < -0.4 is 9.47 Å². The lowest BCUT2D eigenvalue weighted by Gasteiger charge is -2.09. The smallest absolute Gasteiger partial charge is 0.343 e. The Balaban J connectivity index is 0.00000249. The van der Waals surface area contributed by atoms with Crippen molar-refractivity contribution < 1.29 is 23.8 Å². The monoisotopic (exact) mass is 440 g/mol. The summed E-state index contributed by atoms with van der Waals surface area (Å²) in [5.41, 5.74) is 1.41. The van der Waals surface area contributed by atoms with E-state index in [2.05, 4.69) is 6.58 Å². The summed E-state index contributed by atoms with van der Waals surface area (Å²) in [5.74, 6) is 0.575. The normalized spacial score (nSPS) is 9.84. The number of carbonyl (C=O) groups is 2. The predicted molar refractivity (Wildman–Crippen MR) is 128 cm³/mol. The predicted octanol–water partition coefficient (Wildman–Crippen LogP) is 6.69. The molecule has 0 N–H and O–H groups in total. The second kappa shape index (κ2) is 16.6. The van der Waals surface area contributed by atoms with Crippen molar-refractivity contribution in [3.63, 3.8) is 0 Å². The Morgan fingerprint density at radius 2 is 1.44 bits per heavy atom. The van der Waals surface area contributed by atoms with Crippen molar-refractivity contribution in [1.82, 2.24) is 0 Å². The molecule has 0 heterocycles. The second-order valence-corrected chi connectivity index (χ2v) is 7.02. The van der Waals surface area contributed by atoms with Gasteiger partial charge in [-0.15, -0.1) is 0 Å². The molecule has 32 heavy (non-hydrogen) atoms. The van der Waals surface area contributed by atoms with E-state index in [9.17, 15) is 9.59 Å². The Labute approximate surface area is 192 Å². The molecule has 0 aromatic heterocycles. The third-order valence-electron chi connectivity index (χ3n) is 4.60. The molecule has 174 valence electrons. The first-order valence-electron chi connectivity index (χ1n) is 11.4. The molecule has 0 spiro atoms. The molecule has 0 radical (unpaired) electrons. The lowest BCUT2D eigenvalue weighted by Crippen LogP contribution is -2.09. The summed E-state index contributed by atoms with van der Waals surface area (Å²) in [6, 6.07) is 14.4. The van der Waals surface area contributed by atoms with E-state index >= 15 is 0 Å². The fourth-order valence-corrected chi connectivity index (χ4v) is 2.85. The van der Waals surface area contributed by atoms with Gasteiger partial charge in [-0.05, 0) is 55.7 Å². The van der Waals surface area contributed by atoms with Crippen LogP contribution in [0, 0.1) is 6.92 Å². The van der Waals surface area contributed by atoms with Crippen LogP contribution in [0.4, 0.5) is 0 Å². The van der Waals surface area contributed by atoms with Gasteiger partial charge in [-0.2, -0.15) is 0 Å². The van der Waals surface area contributed by atoms with Crippen LogP contribution in [-0.4, -0.2) is 25.2 Å². The van der Waals surface area contributed by atoms with Gasteiger partial charge in [-0.3, -0.25) is 0 Å². The van der Waals surface area contributed by atoms with Gasteiger partial charge < -0.3 is 14.2 Å². The summed E-state index contributed by atoms with van der Waals surface area (Å²) in [5, 5.41) is 0. The molecule has 2 aromatic carbocycles. The Bertz CT molecular complexity index is 811. The van der Waals surface area contributed by atoms with Crippen LogP contribution in [0.2, 0.25) is 0 Å². The van der Waals surface area contributed by atoms with Crippen LogP contribution >= 0.6 is 0 Å². The Kier molecular flexibility index (Phi) is 14.0. The minimum Gasteiger partial charge on any atom is -0.494 e. The van der Waals surface area contributed by atoms with Crippen molar-refractivity contribution in [1.29, 1.82) is 0 Å². The van der Waals surface area contributed by atoms with Gasteiger partial charge in [0.2, 0.25) is 0 Å². The van der Waals surface area contributed by atoms with Gasteiger partial charge in [0, 0.05) is 6.08 Å². The number of aryl methyl sites for hydroxylation is 1. The molecule has 0 amide bonds. The number of hydrogen-bond acceptors (Lipinski definition) is 5. The number of hydrogen-bond donors (Lipinski definition) is 0. The molecular weight excluding hydrogens is 404 g/mol. The van der Waals surface area contributed by atoms with Gasteiger partial charge in [0.25, 0.3) is 0 Å². The van der Waals surface area contributed by atoms with E-state index in [1.807, 2.05) is 39.0 Å². The van der Waals surface area contributed by atoms with Crippen LogP contribution in [0.5, 0.6) is 11.5 Å². The number of esters is 2. The summed E-state index contributed by atoms with van der Waals surface area (Å²) >= 11 is 0. The van der Waals surface area contributed by atoms with Crippen molar-refractivity contribution in [3.8, 4) is 11.5 Å². The summed E-state index contributed by atoms with van der Waals surface area (Å²) in [4.78, 5) is 23.2. The molecule has 0 unspecified atom stereocenters. The Morgan fingerprint density at radius 1 is 0.844 bits per heavy atom. The van der Waals surface area contributed by atoms with Gasteiger partial charge in [-0.25, -0.2) is 9.59 Å². The first kappa shape index (κ1) is 27.0. The van der Waals surface area contributed by atoms with Crippen LogP contribution in [0.1, 0.15) is 68.3 Å². The summed E-state index contributed by atoms with van der Waals surface area (Å²) in [6.07, 6.45) is 7.42. The van der Waals surface area contributed by atoms with Crippen molar-refractivity contribution >= 4 is 11.9 Å². The second-order valence-electron chi connectivity index (χ2n) is 7.02.